The molecule has 0 aliphatic carbocycles. The molecule has 8 nitrogen and oxygen atoms in total. The first kappa shape index (κ1) is 27.9. The lowest BCUT2D eigenvalue weighted by Gasteiger charge is -2.27. The minimum atomic E-state index is -0.915. The number of hydrogen-bond acceptors (Lipinski definition) is 7. The molecule has 1 N–H and O–H groups in total. The Morgan fingerprint density at radius 2 is 1.51 bits per heavy atom. The largest absolute Gasteiger partial charge is 0.507 e. The Bertz CT molecular complexity index is 1400. The molecule has 1 unspecified atom stereocenters. The molecular formula is C30H31ClN2O6. The fraction of sp³-hybridized carbons (Fsp3) is 0.267. The summed E-state index contributed by atoms with van der Waals surface area (Å²) in [5, 5.41) is 11.8. The van der Waals surface area contributed by atoms with Gasteiger partial charge in [0.2, 0.25) is 0 Å². The van der Waals surface area contributed by atoms with Crippen molar-refractivity contribution in [1.29, 1.82) is 0 Å². The van der Waals surface area contributed by atoms with Gasteiger partial charge in [-0.15, -0.1) is 0 Å². The second-order valence-corrected chi connectivity index (χ2v) is 9.23. The quantitative estimate of drug-likeness (QED) is 0.203. The van der Waals surface area contributed by atoms with Gasteiger partial charge in [-0.25, -0.2) is 0 Å². The lowest BCUT2D eigenvalue weighted by atomic mass is 9.94. The fourth-order valence-electron chi connectivity index (χ4n) is 4.80. The van der Waals surface area contributed by atoms with Gasteiger partial charge in [-0.05, 0) is 61.9 Å². The molecule has 1 fully saturated rings. The number of ether oxygens (including phenoxy) is 3. The Labute approximate surface area is 233 Å². The maximum absolute atomic E-state index is 13.6. The first-order valence-electron chi connectivity index (χ1n) is 12.5. The van der Waals surface area contributed by atoms with E-state index in [-0.39, 0.29) is 27.7 Å². The van der Waals surface area contributed by atoms with E-state index < -0.39 is 23.5 Å². The molecule has 9 heteroatoms. The second-order valence-electron chi connectivity index (χ2n) is 8.82. The average Bonchev–Trinajstić information content (AvgIpc) is 3.23. The minimum Gasteiger partial charge on any atom is -0.507 e. The van der Waals surface area contributed by atoms with Crippen molar-refractivity contribution >= 4 is 40.4 Å². The number of benzene rings is 3. The topological polar surface area (TPSA) is 88.5 Å². The van der Waals surface area contributed by atoms with Crippen molar-refractivity contribution in [3.05, 3.63) is 82.4 Å². The summed E-state index contributed by atoms with van der Waals surface area (Å²) in [6.45, 7) is 5.80. The molecule has 1 aliphatic heterocycles. The van der Waals surface area contributed by atoms with Crippen LogP contribution in [0.4, 0.5) is 11.4 Å². The summed E-state index contributed by atoms with van der Waals surface area (Å²) in [5.41, 5.74) is 2.23. The number of halogens is 1. The molecule has 0 radical (unpaired) electrons. The van der Waals surface area contributed by atoms with E-state index in [9.17, 15) is 14.7 Å². The molecule has 1 aliphatic rings. The predicted octanol–water partition coefficient (Wildman–Crippen LogP) is 5.84. The summed E-state index contributed by atoms with van der Waals surface area (Å²) in [7, 11) is 4.42. The number of nitrogens with zero attached hydrogens (tertiary/aromatic N) is 2. The number of aliphatic hydroxyl groups excluding tert-OH is 1. The summed E-state index contributed by atoms with van der Waals surface area (Å²) in [6.07, 6.45) is 0. The zero-order valence-corrected chi connectivity index (χ0v) is 23.3. The number of rotatable bonds is 9. The lowest BCUT2D eigenvalue weighted by Crippen LogP contribution is -2.29. The van der Waals surface area contributed by atoms with Gasteiger partial charge in [0.25, 0.3) is 11.7 Å². The van der Waals surface area contributed by atoms with Gasteiger partial charge in [0.15, 0.2) is 0 Å². The van der Waals surface area contributed by atoms with Crippen LogP contribution in [0.15, 0.2) is 66.2 Å². The van der Waals surface area contributed by atoms with Crippen LogP contribution in [0.25, 0.3) is 5.76 Å². The fourth-order valence-corrected chi connectivity index (χ4v) is 5.03. The second kappa shape index (κ2) is 11.7. The van der Waals surface area contributed by atoms with Crippen LogP contribution in [0, 0.1) is 0 Å². The van der Waals surface area contributed by atoms with E-state index in [1.54, 1.807) is 43.5 Å². The van der Waals surface area contributed by atoms with Crippen LogP contribution in [-0.2, 0) is 9.59 Å². The standard InChI is InChI=1S/C30H31ClN2O6/c1-6-32(7-2)19-10-12-20(13-11-19)33-27(18-8-14-21(37-3)15-9-18)26(29(35)30(33)36)28(34)22-16-25(39-5)23(31)17-24(22)38-4/h8-17,27,34H,6-7H2,1-5H3/b28-26+. The third kappa shape index (κ3) is 5.12. The highest BCUT2D eigenvalue weighted by Crippen LogP contribution is 2.45. The third-order valence-electron chi connectivity index (χ3n) is 6.86. The number of amides is 1. The van der Waals surface area contributed by atoms with Crippen LogP contribution >= 0.6 is 11.6 Å². The van der Waals surface area contributed by atoms with E-state index in [2.05, 4.69) is 18.7 Å². The van der Waals surface area contributed by atoms with Gasteiger partial charge in [-0.3, -0.25) is 14.5 Å². The molecule has 1 amide bonds. The Hall–Kier alpha value is -4.17. The maximum Gasteiger partial charge on any atom is 0.300 e. The van der Waals surface area contributed by atoms with Crippen LogP contribution in [0.3, 0.4) is 0 Å². The number of Topliss-reactive ketones (excluding diaryl/α,β-unsaturated/α-hetero) is 1. The van der Waals surface area contributed by atoms with Crippen molar-refractivity contribution in [3.8, 4) is 17.2 Å². The van der Waals surface area contributed by atoms with Crippen molar-refractivity contribution < 1.29 is 28.9 Å². The Morgan fingerprint density at radius 3 is 2.05 bits per heavy atom. The van der Waals surface area contributed by atoms with E-state index in [4.69, 9.17) is 25.8 Å². The predicted molar refractivity (Wildman–Crippen MR) is 152 cm³/mol. The van der Waals surface area contributed by atoms with E-state index in [1.807, 2.05) is 12.1 Å². The number of ketones is 1. The Kier molecular flexibility index (Phi) is 8.35. The van der Waals surface area contributed by atoms with Gasteiger partial charge in [-0.2, -0.15) is 0 Å². The van der Waals surface area contributed by atoms with Gasteiger partial charge in [-0.1, -0.05) is 23.7 Å². The normalized spacial score (nSPS) is 16.4. The van der Waals surface area contributed by atoms with E-state index >= 15 is 0 Å². The van der Waals surface area contributed by atoms with Crippen LogP contribution < -0.4 is 24.0 Å². The summed E-state index contributed by atoms with van der Waals surface area (Å²) in [5.74, 6) is -0.862. The smallest absolute Gasteiger partial charge is 0.300 e. The van der Waals surface area contributed by atoms with E-state index in [0.717, 1.165) is 18.8 Å². The molecule has 0 aromatic heterocycles. The third-order valence-corrected chi connectivity index (χ3v) is 7.16. The van der Waals surface area contributed by atoms with Gasteiger partial charge in [0, 0.05) is 30.5 Å². The van der Waals surface area contributed by atoms with Gasteiger partial charge in [0.1, 0.15) is 23.0 Å². The summed E-state index contributed by atoms with van der Waals surface area (Å²) in [4.78, 5) is 30.7. The van der Waals surface area contributed by atoms with E-state index in [0.29, 0.717) is 17.0 Å². The van der Waals surface area contributed by atoms with Crippen LogP contribution in [0.5, 0.6) is 17.2 Å². The van der Waals surface area contributed by atoms with E-state index in [1.165, 1.54) is 31.3 Å². The minimum absolute atomic E-state index is 0.0827. The SMILES string of the molecule is CCN(CC)c1ccc(N2C(=O)C(=O)/C(=C(/O)c3cc(OC)c(Cl)cc3OC)C2c2ccc(OC)cc2)cc1. The van der Waals surface area contributed by atoms with Crippen molar-refractivity contribution in [2.45, 2.75) is 19.9 Å². The zero-order valence-electron chi connectivity index (χ0n) is 22.5. The van der Waals surface area contributed by atoms with Crippen LogP contribution in [-0.4, -0.2) is 51.2 Å². The summed E-state index contributed by atoms with van der Waals surface area (Å²) >= 11 is 6.26. The van der Waals surface area contributed by atoms with Crippen molar-refractivity contribution in [1.82, 2.24) is 0 Å². The number of carbonyl (C=O) groups excluding carboxylic acids is 2. The number of methoxy groups -OCH3 is 3. The molecule has 0 bridgehead atoms. The van der Waals surface area contributed by atoms with Crippen molar-refractivity contribution in [2.75, 3.05) is 44.2 Å². The van der Waals surface area contributed by atoms with Gasteiger partial charge >= 0.3 is 0 Å². The van der Waals surface area contributed by atoms with Crippen molar-refractivity contribution in [3.63, 3.8) is 0 Å². The van der Waals surface area contributed by atoms with Gasteiger partial charge < -0.3 is 24.2 Å². The molecule has 39 heavy (non-hydrogen) atoms. The molecule has 3 aromatic rings. The highest BCUT2D eigenvalue weighted by atomic mass is 35.5. The molecule has 0 saturated carbocycles. The monoisotopic (exact) mass is 550 g/mol. The first-order chi connectivity index (χ1) is 18.8. The summed E-state index contributed by atoms with van der Waals surface area (Å²) < 4.78 is 16.1. The molecule has 1 heterocycles. The van der Waals surface area contributed by atoms with Crippen molar-refractivity contribution in [2.24, 2.45) is 0 Å². The number of anilines is 2. The molecule has 204 valence electrons. The molecule has 1 saturated heterocycles. The first-order valence-corrected chi connectivity index (χ1v) is 12.9. The number of carbonyl (C=O) groups is 2. The lowest BCUT2D eigenvalue weighted by molar-refractivity contribution is -0.132. The molecular weight excluding hydrogens is 520 g/mol. The van der Waals surface area contributed by atoms with Crippen LogP contribution in [0.1, 0.15) is 31.0 Å². The Balaban J connectivity index is 1.93. The molecule has 3 aromatic carbocycles. The van der Waals surface area contributed by atoms with Gasteiger partial charge in [0.05, 0.1) is 43.5 Å². The zero-order chi connectivity index (χ0) is 28.3. The maximum atomic E-state index is 13.6. The number of aliphatic hydroxyl groups is 1. The Morgan fingerprint density at radius 1 is 0.897 bits per heavy atom. The molecule has 1 atom stereocenters. The van der Waals surface area contributed by atoms with Crippen LogP contribution in [0.2, 0.25) is 5.02 Å². The molecule has 4 rings (SSSR count). The average molecular weight is 551 g/mol. The number of hydrogen-bond donors (Lipinski definition) is 1. The molecule has 0 spiro atoms. The highest BCUT2D eigenvalue weighted by Gasteiger charge is 2.47. The summed E-state index contributed by atoms with van der Waals surface area (Å²) in [6, 6.07) is 16.5. The highest BCUT2D eigenvalue weighted by molar-refractivity contribution is 6.51.